The molecule has 2 aliphatic heterocycles. The van der Waals surface area contributed by atoms with Crippen LogP contribution in [-0.4, -0.2) is 80.6 Å². The molecule has 2 saturated heterocycles. The Morgan fingerprint density at radius 3 is 2.34 bits per heavy atom. The second-order valence-electron chi connectivity index (χ2n) is 10.2. The van der Waals surface area contributed by atoms with Crippen LogP contribution in [0.25, 0.3) is 16.9 Å². The summed E-state index contributed by atoms with van der Waals surface area (Å²) < 4.78 is 8.08. The number of hydrogen-bond acceptors (Lipinski definition) is 4. The monoisotopic (exact) mass is 495 g/mol. The van der Waals surface area contributed by atoms with Gasteiger partial charge < -0.3 is 18.9 Å². The first-order valence-corrected chi connectivity index (χ1v) is 12.8. The highest BCUT2D eigenvalue weighted by atomic mass is 35.5. The van der Waals surface area contributed by atoms with Crippen LogP contribution < -0.4 is 0 Å². The molecule has 1 aromatic carbocycles. The van der Waals surface area contributed by atoms with E-state index in [1.165, 1.54) is 0 Å². The van der Waals surface area contributed by atoms with Gasteiger partial charge in [-0.05, 0) is 52.0 Å². The van der Waals surface area contributed by atoms with E-state index in [1.807, 2.05) is 47.4 Å². The van der Waals surface area contributed by atoms with Crippen LogP contribution in [0.15, 0.2) is 48.7 Å². The third kappa shape index (κ3) is 4.65. The average Bonchev–Trinajstić information content (AvgIpc) is 3.17. The van der Waals surface area contributed by atoms with Crippen LogP contribution in [0.2, 0.25) is 5.02 Å². The smallest absolute Gasteiger partial charge is 0.321 e. The number of amides is 2. The Hall–Kier alpha value is -2.61. The Kier molecular flexibility index (Phi) is 6.75. The molecule has 0 N–H and O–H groups in total. The first kappa shape index (κ1) is 24.1. The Morgan fingerprint density at radius 1 is 1.06 bits per heavy atom. The molecule has 4 heterocycles. The number of morpholine rings is 1. The normalized spacial score (nSPS) is 20.7. The number of benzene rings is 1. The van der Waals surface area contributed by atoms with Gasteiger partial charge in [-0.1, -0.05) is 29.8 Å². The van der Waals surface area contributed by atoms with E-state index in [0.717, 1.165) is 42.2 Å². The van der Waals surface area contributed by atoms with E-state index >= 15 is 0 Å². The second-order valence-corrected chi connectivity index (χ2v) is 10.6. The van der Waals surface area contributed by atoms with Gasteiger partial charge in [0.2, 0.25) is 0 Å². The van der Waals surface area contributed by atoms with Crippen molar-refractivity contribution in [3.8, 4) is 11.3 Å². The third-order valence-electron chi connectivity index (χ3n) is 7.02. The predicted octanol–water partition coefficient (Wildman–Crippen LogP) is 4.78. The van der Waals surface area contributed by atoms with Crippen molar-refractivity contribution in [2.24, 2.45) is 0 Å². The number of carbonyl (C=O) groups excluding carboxylic acids is 1. The van der Waals surface area contributed by atoms with Gasteiger partial charge in [-0.2, -0.15) is 0 Å². The van der Waals surface area contributed by atoms with E-state index < -0.39 is 0 Å². The average molecular weight is 496 g/mol. The maximum atomic E-state index is 13.6. The van der Waals surface area contributed by atoms with E-state index in [1.54, 1.807) is 0 Å². The number of fused-ring (bicyclic) bond motifs is 3. The lowest BCUT2D eigenvalue weighted by molar-refractivity contribution is -0.0842. The van der Waals surface area contributed by atoms with E-state index in [0.29, 0.717) is 18.2 Å². The summed E-state index contributed by atoms with van der Waals surface area (Å²) in [4.78, 5) is 25.1. The molecule has 0 saturated carbocycles. The molecular formula is C27H34ClN5O2. The molecule has 2 atom stereocenters. The standard InChI is InChI=1S/C27H34ClN5O2/c1-18(2)32(19(3)4)27(34)33-22-13-30(14-23(33)17-35-16-22)15-24-26(20-8-10-21(28)11-9-20)29-25-7-5-6-12-31(24)25/h5-12,18-19,22-23H,13-17H2,1-4H3. The van der Waals surface area contributed by atoms with Crippen molar-refractivity contribution in [3.05, 3.63) is 59.4 Å². The number of rotatable bonds is 5. The minimum absolute atomic E-state index is 0.0353. The summed E-state index contributed by atoms with van der Waals surface area (Å²) in [6, 6.07) is 14.5. The number of pyridine rings is 1. The number of hydrogen-bond donors (Lipinski definition) is 0. The zero-order valence-electron chi connectivity index (χ0n) is 20.9. The van der Waals surface area contributed by atoms with E-state index in [9.17, 15) is 4.79 Å². The van der Waals surface area contributed by atoms with Crippen molar-refractivity contribution in [1.82, 2.24) is 24.1 Å². The van der Waals surface area contributed by atoms with Gasteiger partial charge in [0.1, 0.15) is 5.65 Å². The number of aromatic nitrogens is 2. The SMILES string of the molecule is CC(C)N(C(=O)N1C2COCC1CN(Cc1c(-c3ccc(Cl)cc3)nc3ccccn13)C2)C(C)C. The van der Waals surface area contributed by atoms with Gasteiger partial charge in [-0.3, -0.25) is 4.90 Å². The molecule has 5 rings (SSSR count). The molecule has 2 bridgehead atoms. The lowest BCUT2D eigenvalue weighted by Gasteiger charge is -2.51. The highest BCUT2D eigenvalue weighted by Crippen LogP contribution is 2.30. The molecule has 0 radical (unpaired) electrons. The third-order valence-corrected chi connectivity index (χ3v) is 7.27. The lowest BCUT2D eigenvalue weighted by Crippen LogP contribution is -2.68. The summed E-state index contributed by atoms with van der Waals surface area (Å²) in [5.74, 6) is 0. The number of carbonyl (C=O) groups is 1. The maximum absolute atomic E-state index is 13.6. The Labute approximate surface area is 212 Å². The number of nitrogens with zero attached hydrogens (tertiary/aromatic N) is 5. The summed E-state index contributed by atoms with van der Waals surface area (Å²) in [5, 5.41) is 0.713. The fraction of sp³-hybridized carbons (Fsp3) is 0.481. The van der Waals surface area contributed by atoms with Crippen LogP contribution in [0.1, 0.15) is 33.4 Å². The molecule has 7 nitrogen and oxygen atoms in total. The van der Waals surface area contributed by atoms with Crippen molar-refractivity contribution in [2.75, 3.05) is 26.3 Å². The molecule has 3 aromatic rings. The molecule has 2 fully saturated rings. The van der Waals surface area contributed by atoms with Gasteiger partial charge >= 0.3 is 6.03 Å². The lowest BCUT2D eigenvalue weighted by atomic mass is 10.0. The molecule has 2 unspecified atom stereocenters. The molecule has 0 aliphatic carbocycles. The van der Waals surface area contributed by atoms with E-state index in [2.05, 4.69) is 48.1 Å². The first-order chi connectivity index (χ1) is 16.8. The highest BCUT2D eigenvalue weighted by Gasteiger charge is 2.43. The van der Waals surface area contributed by atoms with Crippen LogP contribution in [-0.2, 0) is 11.3 Å². The topological polar surface area (TPSA) is 53.3 Å². The summed E-state index contributed by atoms with van der Waals surface area (Å²) >= 11 is 6.15. The number of imidazole rings is 1. The van der Waals surface area contributed by atoms with Crippen molar-refractivity contribution < 1.29 is 9.53 Å². The predicted molar refractivity (Wildman–Crippen MR) is 139 cm³/mol. The first-order valence-electron chi connectivity index (χ1n) is 12.5. The number of halogens is 1. The largest absolute Gasteiger partial charge is 0.377 e. The number of urea groups is 1. The molecule has 186 valence electrons. The summed E-state index contributed by atoms with van der Waals surface area (Å²) in [6.45, 7) is 11.8. The fourth-order valence-corrected chi connectivity index (χ4v) is 5.74. The minimum atomic E-state index is 0.0353. The number of piperazine rings is 1. The summed E-state index contributed by atoms with van der Waals surface area (Å²) in [6.07, 6.45) is 2.07. The molecular weight excluding hydrogens is 462 g/mol. The quantitative estimate of drug-likeness (QED) is 0.511. The Morgan fingerprint density at radius 2 is 1.71 bits per heavy atom. The van der Waals surface area contributed by atoms with Crippen LogP contribution in [0.5, 0.6) is 0 Å². The van der Waals surface area contributed by atoms with Crippen molar-refractivity contribution in [1.29, 1.82) is 0 Å². The van der Waals surface area contributed by atoms with Crippen LogP contribution in [0.3, 0.4) is 0 Å². The van der Waals surface area contributed by atoms with Crippen molar-refractivity contribution in [2.45, 2.75) is 58.4 Å². The maximum Gasteiger partial charge on any atom is 0.321 e. The van der Waals surface area contributed by atoms with Gasteiger partial charge in [0.05, 0.1) is 36.7 Å². The zero-order valence-corrected chi connectivity index (χ0v) is 21.7. The van der Waals surface area contributed by atoms with Crippen molar-refractivity contribution in [3.63, 3.8) is 0 Å². The Bertz CT molecular complexity index is 1170. The molecule has 0 spiro atoms. The van der Waals surface area contributed by atoms with Crippen LogP contribution in [0.4, 0.5) is 4.79 Å². The Balaban J connectivity index is 1.43. The minimum Gasteiger partial charge on any atom is -0.377 e. The van der Waals surface area contributed by atoms with Gasteiger partial charge in [0, 0.05) is 48.5 Å². The highest BCUT2D eigenvalue weighted by molar-refractivity contribution is 6.30. The van der Waals surface area contributed by atoms with Gasteiger partial charge in [0.15, 0.2) is 0 Å². The molecule has 2 amide bonds. The van der Waals surface area contributed by atoms with Crippen molar-refractivity contribution >= 4 is 23.3 Å². The second kappa shape index (κ2) is 9.80. The summed E-state index contributed by atoms with van der Waals surface area (Å²) in [5.41, 5.74) is 4.09. The molecule has 2 aromatic heterocycles. The van der Waals surface area contributed by atoms with Crippen LogP contribution >= 0.6 is 11.6 Å². The van der Waals surface area contributed by atoms with Gasteiger partial charge in [-0.25, -0.2) is 9.78 Å². The zero-order chi connectivity index (χ0) is 24.7. The number of ether oxygens (including phenoxy) is 1. The molecule has 8 heteroatoms. The van der Waals surface area contributed by atoms with Crippen LogP contribution in [0, 0.1) is 0 Å². The molecule has 35 heavy (non-hydrogen) atoms. The molecule has 2 aliphatic rings. The van der Waals surface area contributed by atoms with E-state index in [4.69, 9.17) is 21.3 Å². The van der Waals surface area contributed by atoms with E-state index in [-0.39, 0.29) is 30.2 Å². The van der Waals surface area contributed by atoms with Gasteiger partial charge in [0.25, 0.3) is 0 Å². The summed E-state index contributed by atoms with van der Waals surface area (Å²) in [7, 11) is 0. The fourth-order valence-electron chi connectivity index (χ4n) is 5.61. The van der Waals surface area contributed by atoms with Gasteiger partial charge in [-0.15, -0.1) is 0 Å².